The molecule has 9 nitrogen and oxygen atoms in total. The molecule has 0 bridgehead atoms. The van der Waals surface area contributed by atoms with E-state index in [1.165, 1.54) is 13.3 Å². The SMILES string of the molecule is CCOc1cc(C(=O)N/N=C/c2ccc(OCC(=O)Nc3ccccc3)c(OCC)c2)ccc1OC. The van der Waals surface area contributed by atoms with Gasteiger partial charge in [-0.1, -0.05) is 18.2 Å². The summed E-state index contributed by atoms with van der Waals surface area (Å²) in [6.45, 7) is 4.37. The van der Waals surface area contributed by atoms with Crippen LogP contribution in [-0.4, -0.2) is 45.0 Å². The van der Waals surface area contributed by atoms with E-state index in [9.17, 15) is 9.59 Å². The molecular weight excluding hydrogens is 462 g/mol. The van der Waals surface area contributed by atoms with Gasteiger partial charge in [0.25, 0.3) is 11.8 Å². The van der Waals surface area contributed by atoms with Crippen LogP contribution >= 0.6 is 0 Å². The lowest BCUT2D eigenvalue weighted by atomic mass is 10.2. The average molecular weight is 492 g/mol. The molecule has 0 atom stereocenters. The van der Waals surface area contributed by atoms with Gasteiger partial charge in [0, 0.05) is 11.3 Å². The van der Waals surface area contributed by atoms with E-state index in [1.54, 1.807) is 48.5 Å². The molecule has 2 N–H and O–H groups in total. The quantitative estimate of drug-likeness (QED) is 0.289. The molecule has 0 aliphatic heterocycles. The van der Waals surface area contributed by atoms with Crippen LogP contribution in [0.4, 0.5) is 5.69 Å². The summed E-state index contributed by atoms with van der Waals surface area (Å²) in [5.41, 5.74) is 4.23. The van der Waals surface area contributed by atoms with Gasteiger partial charge in [-0.3, -0.25) is 9.59 Å². The molecule has 2 amide bonds. The summed E-state index contributed by atoms with van der Waals surface area (Å²) in [4.78, 5) is 24.7. The van der Waals surface area contributed by atoms with Crippen LogP contribution in [0.25, 0.3) is 0 Å². The van der Waals surface area contributed by atoms with E-state index >= 15 is 0 Å². The van der Waals surface area contributed by atoms with Crippen LogP contribution in [0.3, 0.4) is 0 Å². The molecule has 0 unspecified atom stereocenters. The Labute approximate surface area is 210 Å². The predicted octanol–water partition coefficient (Wildman–Crippen LogP) is 4.27. The number of amides is 2. The minimum absolute atomic E-state index is 0.177. The van der Waals surface area contributed by atoms with Gasteiger partial charge in [0.1, 0.15) is 0 Å². The number of hydrazone groups is 1. The van der Waals surface area contributed by atoms with Crippen LogP contribution in [0, 0.1) is 0 Å². The van der Waals surface area contributed by atoms with Crippen molar-refractivity contribution in [3.05, 3.63) is 77.9 Å². The topological polar surface area (TPSA) is 107 Å². The molecular formula is C27H29N3O6. The number of hydrogen-bond donors (Lipinski definition) is 2. The molecule has 0 heterocycles. The standard InChI is InChI=1S/C27H29N3O6/c1-4-34-24-15-19(11-13-23(24)36-18-26(31)29-21-9-7-6-8-10-21)17-28-30-27(32)20-12-14-22(33-3)25(16-20)35-5-2/h6-17H,4-5,18H2,1-3H3,(H,29,31)(H,30,32)/b28-17+. The van der Waals surface area contributed by atoms with Gasteiger partial charge in [0.15, 0.2) is 29.6 Å². The largest absolute Gasteiger partial charge is 0.493 e. The number of rotatable bonds is 12. The van der Waals surface area contributed by atoms with E-state index in [4.69, 9.17) is 18.9 Å². The number of nitrogens with zero attached hydrogens (tertiary/aromatic N) is 1. The maximum Gasteiger partial charge on any atom is 0.271 e. The summed E-state index contributed by atoms with van der Waals surface area (Å²) in [7, 11) is 1.54. The molecule has 0 saturated carbocycles. The Morgan fingerprint density at radius 2 is 1.53 bits per heavy atom. The summed E-state index contributed by atoms with van der Waals surface area (Å²) >= 11 is 0. The highest BCUT2D eigenvalue weighted by Gasteiger charge is 2.12. The molecule has 36 heavy (non-hydrogen) atoms. The summed E-state index contributed by atoms with van der Waals surface area (Å²) in [5.74, 6) is 1.21. The highest BCUT2D eigenvalue weighted by molar-refractivity contribution is 5.95. The van der Waals surface area contributed by atoms with Gasteiger partial charge < -0.3 is 24.3 Å². The molecule has 0 aliphatic rings. The fourth-order valence-corrected chi connectivity index (χ4v) is 3.17. The van der Waals surface area contributed by atoms with Crippen LogP contribution < -0.4 is 29.7 Å². The smallest absolute Gasteiger partial charge is 0.271 e. The van der Waals surface area contributed by atoms with Crippen molar-refractivity contribution >= 4 is 23.7 Å². The van der Waals surface area contributed by atoms with E-state index in [1.807, 2.05) is 32.0 Å². The first-order chi connectivity index (χ1) is 17.5. The van der Waals surface area contributed by atoms with Crippen LogP contribution in [-0.2, 0) is 4.79 Å². The molecule has 0 aromatic heterocycles. The third-order valence-electron chi connectivity index (χ3n) is 4.79. The van der Waals surface area contributed by atoms with Gasteiger partial charge in [0.05, 0.1) is 26.5 Å². The number of ether oxygens (including phenoxy) is 4. The monoisotopic (exact) mass is 491 g/mol. The molecule has 188 valence electrons. The molecule has 0 saturated heterocycles. The van der Waals surface area contributed by atoms with Gasteiger partial charge in [0.2, 0.25) is 0 Å². The number of carbonyl (C=O) groups is 2. The fraction of sp³-hybridized carbons (Fsp3) is 0.222. The fourth-order valence-electron chi connectivity index (χ4n) is 3.17. The lowest BCUT2D eigenvalue weighted by molar-refractivity contribution is -0.118. The minimum Gasteiger partial charge on any atom is -0.493 e. The van der Waals surface area contributed by atoms with Crippen molar-refractivity contribution in [1.29, 1.82) is 0 Å². The number of benzene rings is 3. The third kappa shape index (κ3) is 7.49. The molecule has 0 spiro atoms. The Bertz CT molecular complexity index is 1200. The maximum atomic E-state index is 12.5. The van der Waals surface area contributed by atoms with Gasteiger partial charge in [-0.15, -0.1) is 0 Å². The summed E-state index contributed by atoms with van der Waals surface area (Å²) in [6.07, 6.45) is 1.49. The van der Waals surface area contributed by atoms with Crippen molar-refractivity contribution in [2.45, 2.75) is 13.8 Å². The lowest BCUT2D eigenvalue weighted by Gasteiger charge is -2.12. The Hall–Kier alpha value is -4.53. The first-order valence-electron chi connectivity index (χ1n) is 11.4. The summed E-state index contributed by atoms with van der Waals surface area (Å²) in [5, 5.41) is 6.79. The van der Waals surface area contributed by atoms with Gasteiger partial charge >= 0.3 is 0 Å². The van der Waals surface area contributed by atoms with Crippen LogP contribution in [0.1, 0.15) is 29.8 Å². The van der Waals surface area contributed by atoms with Crippen LogP contribution in [0.15, 0.2) is 71.8 Å². The first-order valence-corrected chi connectivity index (χ1v) is 11.4. The zero-order valence-corrected chi connectivity index (χ0v) is 20.4. The van der Waals surface area contributed by atoms with Crippen molar-refractivity contribution in [1.82, 2.24) is 5.43 Å². The van der Waals surface area contributed by atoms with Gasteiger partial charge in [-0.2, -0.15) is 5.10 Å². The summed E-state index contributed by atoms with van der Waals surface area (Å²) in [6, 6.07) is 19.1. The number of nitrogens with one attached hydrogen (secondary N) is 2. The van der Waals surface area contributed by atoms with E-state index in [0.717, 1.165) is 0 Å². The number of carbonyl (C=O) groups excluding carboxylic acids is 2. The molecule has 3 aromatic carbocycles. The normalized spacial score (nSPS) is 10.5. The van der Waals surface area contributed by atoms with Gasteiger partial charge in [-0.25, -0.2) is 5.43 Å². The number of hydrogen-bond acceptors (Lipinski definition) is 7. The van der Waals surface area contributed by atoms with Crippen molar-refractivity contribution in [3.63, 3.8) is 0 Å². The van der Waals surface area contributed by atoms with Gasteiger partial charge in [-0.05, 0) is 67.9 Å². The van der Waals surface area contributed by atoms with Crippen LogP contribution in [0.5, 0.6) is 23.0 Å². The highest BCUT2D eigenvalue weighted by Crippen LogP contribution is 2.29. The lowest BCUT2D eigenvalue weighted by Crippen LogP contribution is -2.20. The van der Waals surface area contributed by atoms with E-state index in [2.05, 4.69) is 15.8 Å². The Kier molecular flexibility index (Phi) is 9.69. The number of para-hydroxylation sites is 1. The molecule has 0 fully saturated rings. The Morgan fingerprint density at radius 3 is 2.22 bits per heavy atom. The maximum absolute atomic E-state index is 12.5. The molecule has 3 rings (SSSR count). The highest BCUT2D eigenvalue weighted by atomic mass is 16.5. The van der Waals surface area contributed by atoms with Crippen LogP contribution in [0.2, 0.25) is 0 Å². The summed E-state index contributed by atoms with van der Waals surface area (Å²) < 4.78 is 22.1. The van der Waals surface area contributed by atoms with Crippen molar-refractivity contribution in [2.75, 3.05) is 32.2 Å². The predicted molar refractivity (Wildman–Crippen MR) is 137 cm³/mol. The number of anilines is 1. The van der Waals surface area contributed by atoms with Crippen molar-refractivity contribution in [2.24, 2.45) is 5.10 Å². The Balaban J connectivity index is 1.61. The molecule has 3 aromatic rings. The molecule has 0 radical (unpaired) electrons. The zero-order valence-electron chi connectivity index (χ0n) is 20.4. The van der Waals surface area contributed by atoms with E-state index < -0.39 is 5.91 Å². The third-order valence-corrected chi connectivity index (χ3v) is 4.79. The van der Waals surface area contributed by atoms with E-state index in [0.29, 0.717) is 53.0 Å². The Morgan fingerprint density at radius 1 is 0.833 bits per heavy atom. The number of methoxy groups -OCH3 is 1. The second-order valence-electron chi connectivity index (χ2n) is 7.34. The van der Waals surface area contributed by atoms with Crippen molar-refractivity contribution in [3.8, 4) is 23.0 Å². The molecule has 0 aliphatic carbocycles. The average Bonchev–Trinajstić information content (AvgIpc) is 2.89. The second kappa shape index (κ2) is 13.4. The first kappa shape index (κ1) is 26.1. The zero-order chi connectivity index (χ0) is 25.8. The van der Waals surface area contributed by atoms with Crippen molar-refractivity contribution < 1.29 is 28.5 Å². The second-order valence-corrected chi connectivity index (χ2v) is 7.34. The minimum atomic E-state index is -0.399. The molecule has 9 heteroatoms. The van der Waals surface area contributed by atoms with E-state index in [-0.39, 0.29) is 12.5 Å².